The molecule has 1 saturated heterocycles. The van der Waals surface area contributed by atoms with E-state index in [1.807, 2.05) is 0 Å². The standard InChI is InChI=1S/C13H21NO5S/c15-13(16)9-4-5-10(8-9)20(17,18)14-6-7-19-12-3-1-2-11(12)14/h9-12H,1-8H2,(H,15,16)/t9?,10?,11-,12+/m0/s1. The summed E-state index contributed by atoms with van der Waals surface area (Å²) in [6.07, 6.45) is 4.02. The molecule has 0 bridgehead atoms. The Hall–Kier alpha value is -0.660. The number of morpholine rings is 1. The van der Waals surface area contributed by atoms with Gasteiger partial charge in [-0.05, 0) is 38.5 Å². The van der Waals surface area contributed by atoms with Crippen LogP contribution in [0.2, 0.25) is 0 Å². The third-order valence-corrected chi connectivity index (χ3v) is 7.29. The number of carboxylic acid groups (broad SMARTS) is 1. The van der Waals surface area contributed by atoms with Crippen LogP contribution in [-0.4, -0.2) is 54.3 Å². The van der Waals surface area contributed by atoms with E-state index in [0.29, 0.717) is 26.0 Å². The Morgan fingerprint density at radius 1 is 1.20 bits per heavy atom. The van der Waals surface area contributed by atoms with Crippen molar-refractivity contribution < 1.29 is 23.1 Å². The molecule has 0 aromatic carbocycles. The van der Waals surface area contributed by atoms with Gasteiger partial charge in [0.15, 0.2) is 0 Å². The van der Waals surface area contributed by atoms with Gasteiger partial charge >= 0.3 is 5.97 Å². The maximum absolute atomic E-state index is 12.8. The molecule has 1 heterocycles. The number of hydrogen-bond acceptors (Lipinski definition) is 4. The van der Waals surface area contributed by atoms with Gasteiger partial charge < -0.3 is 9.84 Å². The van der Waals surface area contributed by atoms with Crippen LogP contribution in [-0.2, 0) is 19.6 Å². The van der Waals surface area contributed by atoms with E-state index in [4.69, 9.17) is 9.84 Å². The molecule has 0 spiro atoms. The number of ether oxygens (including phenoxy) is 1. The minimum absolute atomic E-state index is 0.0300. The predicted octanol–water partition coefficient (Wildman–Crippen LogP) is 0.823. The van der Waals surface area contributed by atoms with Gasteiger partial charge in [0.2, 0.25) is 10.0 Å². The maximum Gasteiger partial charge on any atom is 0.306 e. The number of hydrogen-bond donors (Lipinski definition) is 1. The van der Waals surface area contributed by atoms with E-state index >= 15 is 0 Å². The molecule has 3 rings (SSSR count). The number of carbonyl (C=O) groups is 1. The molecule has 2 aliphatic carbocycles. The molecule has 7 heteroatoms. The van der Waals surface area contributed by atoms with Gasteiger partial charge in [-0.25, -0.2) is 8.42 Å². The van der Waals surface area contributed by atoms with E-state index in [9.17, 15) is 13.2 Å². The van der Waals surface area contributed by atoms with Crippen molar-refractivity contribution >= 4 is 16.0 Å². The topological polar surface area (TPSA) is 83.9 Å². The Bertz CT molecular complexity index is 491. The summed E-state index contributed by atoms with van der Waals surface area (Å²) in [7, 11) is -3.39. The highest BCUT2D eigenvalue weighted by Crippen LogP contribution is 2.37. The van der Waals surface area contributed by atoms with E-state index < -0.39 is 27.2 Å². The second-order valence-electron chi connectivity index (χ2n) is 6.03. The molecular formula is C13H21NO5S. The highest BCUT2D eigenvalue weighted by molar-refractivity contribution is 7.89. The average molecular weight is 303 g/mol. The highest BCUT2D eigenvalue weighted by Gasteiger charge is 2.47. The zero-order valence-corrected chi connectivity index (χ0v) is 12.2. The lowest BCUT2D eigenvalue weighted by Gasteiger charge is -2.38. The van der Waals surface area contributed by atoms with Gasteiger partial charge in [0.05, 0.1) is 29.9 Å². The molecule has 0 amide bonds. The van der Waals surface area contributed by atoms with Crippen LogP contribution in [0.25, 0.3) is 0 Å². The van der Waals surface area contributed by atoms with Crippen LogP contribution in [0.4, 0.5) is 0 Å². The average Bonchev–Trinajstić information content (AvgIpc) is 3.07. The summed E-state index contributed by atoms with van der Waals surface area (Å²) in [4.78, 5) is 11.0. The monoisotopic (exact) mass is 303 g/mol. The molecule has 0 aromatic heterocycles. The van der Waals surface area contributed by atoms with Crippen LogP contribution in [0.1, 0.15) is 38.5 Å². The molecule has 2 unspecified atom stereocenters. The lowest BCUT2D eigenvalue weighted by Crippen LogP contribution is -2.53. The number of rotatable bonds is 3. The van der Waals surface area contributed by atoms with Gasteiger partial charge in [-0.15, -0.1) is 0 Å². The van der Waals surface area contributed by atoms with E-state index in [0.717, 1.165) is 19.3 Å². The molecular weight excluding hydrogens is 282 g/mol. The molecule has 3 fully saturated rings. The first-order valence-electron chi connectivity index (χ1n) is 7.35. The zero-order chi connectivity index (χ0) is 14.3. The van der Waals surface area contributed by atoms with Crippen LogP contribution >= 0.6 is 0 Å². The SMILES string of the molecule is O=C(O)C1CCC(S(=O)(=O)N2CCO[C@@H]3CCC[C@@H]32)C1. The Kier molecular flexibility index (Phi) is 3.77. The van der Waals surface area contributed by atoms with Crippen LogP contribution in [0.5, 0.6) is 0 Å². The maximum atomic E-state index is 12.8. The van der Waals surface area contributed by atoms with E-state index in [2.05, 4.69) is 0 Å². The smallest absolute Gasteiger partial charge is 0.306 e. The summed E-state index contributed by atoms with van der Waals surface area (Å²) in [6.45, 7) is 0.868. The molecule has 2 saturated carbocycles. The number of sulfonamides is 1. The fourth-order valence-corrected chi connectivity index (χ4v) is 6.07. The second-order valence-corrected chi connectivity index (χ2v) is 8.20. The van der Waals surface area contributed by atoms with Gasteiger partial charge in [-0.3, -0.25) is 4.79 Å². The molecule has 1 aliphatic heterocycles. The molecule has 0 aromatic rings. The van der Waals surface area contributed by atoms with Crippen LogP contribution < -0.4 is 0 Å². The zero-order valence-electron chi connectivity index (χ0n) is 11.4. The third kappa shape index (κ3) is 2.35. The molecule has 3 aliphatic rings. The molecule has 1 N–H and O–H groups in total. The van der Waals surface area contributed by atoms with Crippen molar-refractivity contribution in [1.29, 1.82) is 0 Å². The van der Waals surface area contributed by atoms with Gasteiger partial charge in [0, 0.05) is 6.54 Å². The lowest BCUT2D eigenvalue weighted by atomic mass is 10.1. The highest BCUT2D eigenvalue weighted by atomic mass is 32.2. The quantitative estimate of drug-likeness (QED) is 0.834. The Morgan fingerprint density at radius 2 is 2.00 bits per heavy atom. The van der Waals surface area contributed by atoms with Crippen molar-refractivity contribution in [3.8, 4) is 0 Å². The molecule has 6 nitrogen and oxygen atoms in total. The van der Waals surface area contributed by atoms with Gasteiger partial charge in [0.25, 0.3) is 0 Å². The molecule has 0 radical (unpaired) electrons. The molecule has 4 atom stereocenters. The van der Waals surface area contributed by atoms with Gasteiger partial charge in [0.1, 0.15) is 0 Å². The first-order valence-corrected chi connectivity index (χ1v) is 8.85. The fourth-order valence-electron chi connectivity index (χ4n) is 3.83. The van der Waals surface area contributed by atoms with Crippen molar-refractivity contribution in [2.45, 2.75) is 55.9 Å². The third-order valence-electron chi connectivity index (χ3n) is 4.91. The van der Waals surface area contributed by atoms with Crippen molar-refractivity contribution in [1.82, 2.24) is 4.31 Å². The van der Waals surface area contributed by atoms with E-state index in [1.54, 1.807) is 4.31 Å². The van der Waals surface area contributed by atoms with Crippen LogP contribution in [0, 0.1) is 5.92 Å². The first-order chi connectivity index (χ1) is 9.50. The molecule has 20 heavy (non-hydrogen) atoms. The first kappa shape index (κ1) is 14.3. The number of nitrogens with zero attached hydrogens (tertiary/aromatic N) is 1. The summed E-state index contributed by atoms with van der Waals surface area (Å²) < 4.78 is 32.8. The second kappa shape index (κ2) is 5.27. The normalized spacial score (nSPS) is 38.8. The minimum Gasteiger partial charge on any atom is -0.481 e. The summed E-state index contributed by atoms with van der Waals surface area (Å²) >= 11 is 0. The van der Waals surface area contributed by atoms with Crippen molar-refractivity contribution in [3.63, 3.8) is 0 Å². The number of aliphatic carboxylic acids is 1. The minimum atomic E-state index is -3.39. The Balaban J connectivity index is 1.76. The Labute approximate surface area is 119 Å². The van der Waals surface area contributed by atoms with E-state index in [-0.39, 0.29) is 18.6 Å². The largest absolute Gasteiger partial charge is 0.481 e. The number of carboxylic acids is 1. The summed E-state index contributed by atoms with van der Waals surface area (Å²) in [6, 6.07) is -0.0300. The summed E-state index contributed by atoms with van der Waals surface area (Å²) in [5, 5.41) is 8.50. The van der Waals surface area contributed by atoms with Crippen molar-refractivity contribution in [3.05, 3.63) is 0 Å². The van der Waals surface area contributed by atoms with Crippen LogP contribution in [0.15, 0.2) is 0 Å². The summed E-state index contributed by atoms with van der Waals surface area (Å²) in [5.74, 6) is -1.38. The van der Waals surface area contributed by atoms with Gasteiger partial charge in [-0.1, -0.05) is 0 Å². The predicted molar refractivity (Wildman–Crippen MR) is 71.8 cm³/mol. The van der Waals surface area contributed by atoms with Crippen molar-refractivity contribution in [2.75, 3.05) is 13.2 Å². The van der Waals surface area contributed by atoms with E-state index in [1.165, 1.54) is 0 Å². The number of fused-ring (bicyclic) bond motifs is 1. The van der Waals surface area contributed by atoms with Crippen LogP contribution in [0.3, 0.4) is 0 Å². The fraction of sp³-hybridized carbons (Fsp3) is 0.923. The lowest BCUT2D eigenvalue weighted by molar-refractivity contribution is -0.141. The van der Waals surface area contributed by atoms with Crippen molar-refractivity contribution in [2.24, 2.45) is 5.92 Å². The Morgan fingerprint density at radius 3 is 2.70 bits per heavy atom. The summed E-state index contributed by atoms with van der Waals surface area (Å²) in [5.41, 5.74) is 0. The molecule has 114 valence electrons. The van der Waals surface area contributed by atoms with Gasteiger partial charge in [-0.2, -0.15) is 4.31 Å².